The summed E-state index contributed by atoms with van der Waals surface area (Å²) >= 11 is 0. The number of fused-ring (bicyclic) bond motifs is 1. The lowest BCUT2D eigenvalue weighted by Gasteiger charge is -2.41. The van der Waals surface area contributed by atoms with E-state index in [1.807, 2.05) is 59.8 Å². The fraction of sp³-hybridized carbons (Fsp3) is 0.452. The fourth-order valence-corrected chi connectivity index (χ4v) is 5.63. The number of rotatable bonds is 5. The van der Waals surface area contributed by atoms with Gasteiger partial charge in [0, 0.05) is 13.1 Å². The van der Waals surface area contributed by atoms with Crippen LogP contribution in [-0.4, -0.2) is 71.5 Å². The number of aromatic nitrogens is 2. The first kappa shape index (κ1) is 27.9. The molecule has 0 aliphatic carbocycles. The van der Waals surface area contributed by atoms with Crippen molar-refractivity contribution in [3.05, 3.63) is 77.1 Å². The Labute approximate surface area is 235 Å². The largest absolute Gasteiger partial charge is 0.491 e. The van der Waals surface area contributed by atoms with Gasteiger partial charge in [0.05, 0.1) is 43.3 Å². The molecule has 3 heterocycles. The summed E-state index contributed by atoms with van der Waals surface area (Å²) in [7, 11) is 0. The van der Waals surface area contributed by atoms with Crippen LogP contribution in [0.4, 0.5) is 5.69 Å². The molecule has 2 aliphatic heterocycles. The molecule has 212 valence electrons. The average Bonchev–Trinajstić information content (AvgIpc) is 3.21. The predicted octanol–water partition coefficient (Wildman–Crippen LogP) is 3.48. The van der Waals surface area contributed by atoms with Gasteiger partial charge in [0.2, 0.25) is 5.91 Å². The first-order valence-corrected chi connectivity index (χ1v) is 14.2. The molecule has 1 aromatic heterocycles. The Balaban J connectivity index is 1.22. The summed E-state index contributed by atoms with van der Waals surface area (Å²) in [6.45, 7) is 6.83. The van der Waals surface area contributed by atoms with Crippen LogP contribution in [0.5, 0.6) is 5.75 Å². The summed E-state index contributed by atoms with van der Waals surface area (Å²) in [4.78, 5) is 28.6. The van der Waals surface area contributed by atoms with Gasteiger partial charge in [0.1, 0.15) is 12.4 Å². The van der Waals surface area contributed by atoms with Crippen molar-refractivity contribution in [1.29, 1.82) is 0 Å². The molecule has 9 nitrogen and oxygen atoms in total. The minimum atomic E-state index is -0.982. The van der Waals surface area contributed by atoms with Crippen molar-refractivity contribution in [3.8, 4) is 5.75 Å². The van der Waals surface area contributed by atoms with E-state index in [0.29, 0.717) is 45.8 Å². The number of nitrogens with one attached hydrogen (secondary N) is 2. The van der Waals surface area contributed by atoms with Gasteiger partial charge in [-0.3, -0.25) is 19.2 Å². The standard InChI is InChI=1S/C31H39N5O4/c1-23-29(24(2)36(34-23)20-25-10-4-3-5-11-25)33-28(37)21-35-17-19-40-31(22-35)15-9-8-13-26-12-6-7-14-27(26)39-18-16-32-30(31)38/h3-7,10-12,14H,8-9,13,15-22H2,1-2H3,(H,32,38)(H,33,37). The molecule has 1 spiro atoms. The Kier molecular flexibility index (Phi) is 8.81. The highest BCUT2D eigenvalue weighted by Gasteiger charge is 2.43. The monoisotopic (exact) mass is 545 g/mol. The minimum absolute atomic E-state index is 0.124. The Morgan fingerprint density at radius 3 is 2.73 bits per heavy atom. The highest BCUT2D eigenvalue weighted by molar-refractivity contribution is 5.93. The molecule has 2 N–H and O–H groups in total. The maximum atomic E-state index is 13.4. The van der Waals surface area contributed by atoms with E-state index >= 15 is 0 Å². The van der Waals surface area contributed by atoms with Crippen molar-refractivity contribution >= 4 is 17.5 Å². The molecule has 40 heavy (non-hydrogen) atoms. The second kappa shape index (κ2) is 12.7. The van der Waals surface area contributed by atoms with Crippen molar-refractivity contribution in [2.45, 2.75) is 51.7 Å². The molecule has 9 heteroatoms. The van der Waals surface area contributed by atoms with Crippen LogP contribution < -0.4 is 15.4 Å². The predicted molar refractivity (Wildman–Crippen MR) is 153 cm³/mol. The molecule has 2 aliphatic rings. The van der Waals surface area contributed by atoms with Gasteiger partial charge in [-0.05, 0) is 56.7 Å². The number of nitrogens with zero attached hydrogens (tertiary/aromatic N) is 3. The maximum absolute atomic E-state index is 13.4. The van der Waals surface area contributed by atoms with Crippen molar-refractivity contribution < 1.29 is 19.1 Å². The summed E-state index contributed by atoms with van der Waals surface area (Å²) in [5.74, 6) is 0.624. The van der Waals surface area contributed by atoms with E-state index in [1.165, 1.54) is 5.56 Å². The van der Waals surface area contributed by atoms with E-state index in [9.17, 15) is 9.59 Å². The van der Waals surface area contributed by atoms with Crippen molar-refractivity contribution in [1.82, 2.24) is 20.0 Å². The van der Waals surface area contributed by atoms with Crippen LogP contribution in [0.15, 0.2) is 54.6 Å². The molecule has 1 atom stereocenters. The van der Waals surface area contributed by atoms with Gasteiger partial charge in [0.25, 0.3) is 5.91 Å². The molecule has 2 aromatic carbocycles. The van der Waals surface area contributed by atoms with E-state index in [4.69, 9.17) is 9.47 Å². The zero-order valence-electron chi connectivity index (χ0n) is 23.4. The number of benzene rings is 2. The smallest absolute Gasteiger partial charge is 0.253 e. The molecule has 0 bridgehead atoms. The van der Waals surface area contributed by atoms with Crippen molar-refractivity contribution in [2.75, 3.05) is 44.7 Å². The number of hydrogen-bond acceptors (Lipinski definition) is 6. The van der Waals surface area contributed by atoms with Gasteiger partial charge < -0.3 is 20.1 Å². The third kappa shape index (κ3) is 6.54. The Hall–Kier alpha value is -3.69. The highest BCUT2D eigenvalue weighted by Crippen LogP contribution is 2.28. The van der Waals surface area contributed by atoms with Gasteiger partial charge in [-0.25, -0.2) is 0 Å². The van der Waals surface area contributed by atoms with E-state index in [2.05, 4.69) is 33.9 Å². The van der Waals surface area contributed by atoms with Crippen LogP contribution in [0.3, 0.4) is 0 Å². The normalized spacial score (nSPS) is 20.5. The first-order valence-electron chi connectivity index (χ1n) is 14.2. The molecule has 1 unspecified atom stereocenters. The number of carbonyl (C=O) groups excluding carboxylic acids is 2. The topological polar surface area (TPSA) is 97.7 Å². The first-order chi connectivity index (χ1) is 19.4. The maximum Gasteiger partial charge on any atom is 0.253 e. The lowest BCUT2D eigenvalue weighted by molar-refractivity contribution is -0.163. The van der Waals surface area contributed by atoms with E-state index < -0.39 is 5.60 Å². The van der Waals surface area contributed by atoms with Gasteiger partial charge in [-0.2, -0.15) is 5.10 Å². The van der Waals surface area contributed by atoms with Crippen molar-refractivity contribution in [2.24, 2.45) is 0 Å². The number of aryl methyl sites for hydroxylation is 2. The average molecular weight is 546 g/mol. The molecule has 1 saturated heterocycles. The van der Waals surface area contributed by atoms with E-state index in [0.717, 1.165) is 47.7 Å². The van der Waals surface area contributed by atoms with Crippen LogP contribution in [0.25, 0.3) is 0 Å². The molecular formula is C31H39N5O4. The highest BCUT2D eigenvalue weighted by atomic mass is 16.5. The summed E-state index contributed by atoms with van der Waals surface area (Å²) in [6, 6.07) is 18.2. The molecule has 3 aromatic rings. The Morgan fingerprint density at radius 2 is 1.88 bits per heavy atom. The fourth-order valence-electron chi connectivity index (χ4n) is 5.63. The summed E-state index contributed by atoms with van der Waals surface area (Å²) in [6.07, 6.45) is 3.24. The van der Waals surface area contributed by atoms with Gasteiger partial charge in [-0.1, -0.05) is 48.5 Å². The lowest BCUT2D eigenvalue weighted by Crippen LogP contribution is -2.61. The van der Waals surface area contributed by atoms with Crippen LogP contribution >= 0.6 is 0 Å². The number of para-hydroxylation sites is 1. The third-order valence-corrected chi connectivity index (χ3v) is 7.76. The van der Waals surface area contributed by atoms with Crippen LogP contribution in [-0.2, 0) is 27.3 Å². The van der Waals surface area contributed by atoms with Gasteiger partial charge in [-0.15, -0.1) is 0 Å². The molecule has 5 rings (SSSR count). The van der Waals surface area contributed by atoms with Gasteiger partial charge in [0.15, 0.2) is 5.60 Å². The van der Waals surface area contributed by atoms with E-state index in [1.54, 1.807) is 0 Å². The zero-order chi connectivity index (χ0) is 28.0. The quantitative estimate of drug-likeness (QED) is 0.510. The van der Waals surface area contributed by atoms with Crippen LogP contribution in [0.1, 0.15) is 41.8 Å². The Morgan fingerprint density at radius 1 is 1.07 bits per heavy atom. The number of amides is 2. The summed E-state index contributed by atoms with van der Waals surface area (Å²) < 4.78 is 14.0. The molecule has 0 saturated carbocycles. The molecule has 0 radical (unpaired) electrons. The second-order valence-corrected chi connectivity index (χ2v) is 10.7. The van der Waals surface area contributed by atoms with Crippen molar-refractivity contribution in [3.63, 3.8) is 0 Å². The van der Waals surface area contributed by atoms with E-state index in [-0.39, 0.29) is 18.4 Å². The number of anilines is 1. The lowest BCUT2D eigenvalue weighted by atomic mass is 9.91. The molecule has 2 amide bonds. The molecule has 1 fully saturated rings. The number of morpholine rings is 1. The SMILES string of the molecule is Cc1nn(Cc2ccccc2)c(C)c1NC(=O)CN1CCOC2(CCCCc3ccccc3OCCNC2=O)C1. The number of ether oxygens (including phenoxy) is 2. The Bertz CT molecular complexity index is 1320. The summed E-state index contributed by atoms with van der Waals surface area (Å²) in [5.41, 5.74) is 3.79. The van der Waals surface area contributed by atoms with Crippen LogP contribution in [0.2, 0.25) is 0 Å². The summed E-state index contributed by atoms with van der Waals surface area (Å²) in [5, 5.41) is 10.7. The number of carbonyl (C=O) groups is 2. The van der Waals surface area contributed by atoms with Crippen LogP contribution in [0, 0.1) is 13.8 Å². The second-order valence-electron chi connectivity index (χ2n) is 10.7. The third-order valence-electron chi connectivity index (χ3n) is 7.76. The number of hydrogen-bond donors (Lipinski definition) is 2. The minimum Gasteiger partial charge on any atom is -0.491 e. The zero-order valence-corrected chi connectivity index (χ0v) is 23.4. The molecular weight excluding hydrogens is 506 g/mol. The van der Waals surface area contributed by atoms with Gasteiger partial charge >= 0.3 is 0 Å².